The van der Waals surface area contributed by atoms with Crippen LogP contribution in [-0.4, -0.2) is 22.5 Å². The third-order valence-electron chi connectivity index (χ3n) is 1.14. The Morgan fingerprint density at radius 1 is 1.64 bits per heavy atom. The van der Waals surface area contributed by atoms with Gasteiger partial charge in [-0.05, 0) is 28.1 Å². The Hall–Kier alpha value is -0.740. The number of aromatic nitrogens is 1. The lowest BCUT2D eigenvalue weighted by atomic mass is 10.3. The monoisotopic (exact) mass is 215 g/mol. The molecule has 0 unspecified atom stereocenters. The Labute approximate surface area is 72.2 Å². The van der Waals surface area contributed by atoms with Crippen LogP contribution in [0.5, 0.6) is 0 Å². The molecule has 1 N–H and O–H groups in total. The standard InChI is InChI=1S/C7H6BrNO2/c8-7-3-1-2-5(9-7)6(11)4-10/h1-3,10H,4H2. The number of rotatable bonds is 2. The van der Waals surface area contributed by atoms with Gasteiger partial charge < -0.3 is 5.11 Å². The first-order valence-electron chi connectivity index (χ1n) is 3.00. The van der Waals surface area contributed by atoms with Crippen LogP contribution in [0.25, 0.3) is 0 Å². The predicted molar refractivity (Wildman–Crippen MR) is 43.4 cm³/mol. The fourth-order valence-electron chi connectivity index (χ4n) is 0.645. The Morgan fingerprint density at radius 3 is 2.91 bits per heavy atom. The Kier molecular flexibility index (Phi) is 2.73. The number of hydrogen-bond donors (Lipinski definition) is 1. The summed E-state index contributed by atoms with van der Waals surface area (Å²) in [4.78, 5) is 14.7. The first-order valence-corrected chi connectivity index (χ1v) is 3.80. The molecule has 0 atom stereocenters. The molecule has 0 aliphatic rings. The fraction of sp³-hybridized carbons (Fsp3) is 0.143. The number of ketones is 1. The van der Waals surface area contributed by atoms with Crippen molar-refractivity contribution in [3.63, 3.8) is 0 Å². The van der Waals surface area contributed by atoms with E-state index in [0.717, 1.165) is 0 Å². The van der Waals surface area contributed by atoms with Gasteiger partial charge in [-0.2, -0.15) is 0 Å². The number of hydrogen-bond acceptors (Lipinski definition) is 3. The molecule has 1 heterocycles. The summed E-state index contributed by atoms with van der Waals surface area (Å²) in [6.45, 7) is -0.497. The summed E-state index contributed by atoms with van der Waals surface area (Å²) in [5.41, 5.74) is 0.280. The molecular weight excluding hydrogens is 210 g/mol. The van der Waals surface area contributed by atoms with E-state index in [2.05, 4.69) is 20.9 Å². The van der Waals surface area contributed by atoms with Crippen LogP contribution in [0.3, 0.4) is 0 Å². The first kappa shape index (κ1) is 8.36. The van der Waals surface area contributed by atoms with Crippen LogP contribution in [0.1, 0.15) is 10.5 Å². The van der Waals surface area contributed by atoms with Gasteiger partial charge >= 0.3 is 0 Å². The van der Waals surface area contributed by atoms with E-state index in [1.807, 2.05) is 0 Å². The molecule has 0 radical (unpaired) electrons. The molecule has 0 aliphatic heterocycles. The van der Waals surface area contributed by atoms with Crippen LogP contribution >= 0.6 is 15.9 Å². The molecule has 0 amide bonds. The molecule has 0 bridgehead atoms. The van der Waals surface area contributed by atoms with Crippen LogP contribution in [0.4, 0.5) is 0 Å². The van der Waals surface area contributed by atoms with Gasteiger partial charge in [-0.3, -0.25) is 4.79 Å². The minimum absolute atomic E-state index is 0.280. The van der Waals surface area contributed by atoms with E-state index in [1.54, 1.807) is 18.2 Å². The molecule has 11 heavy (non-hydrogen) atoms. The SMILES string of the molecule is O=C(CO)c1cccc(Br)n1. The van der Waals surface area contributed by atoms with Gasteiger partial charge in [0, 0.05) is 0 Å². The van der Waals surface area contributed by atoms with Crippen molar-refractivity contribution in [3.05, 3.63) is 28.5 Å². The van der Waals surface area contributed by atoms with Crippen LogP contribution in [0.15, 0.2) is 22.8 Å². The van der Waals surface area contributed by atoms with Crippen molar-refractivity contribution in [1.29, 1.82) is 0 Å². The zero-order valence-corrected chi connectivity index (χ0v) is 7.21. The minimum Gasteiger partial charge on any atom is -0.388 e. The predicted octanol–water partition coefficient (Wildman–Crippen LogP) is 1.02. The Balaban J connectivity index is 2.96. The van der Waals surface area contributed by atoms with Crippen molar-refractivity contribution in [2.45, 2.75) is 0 Å². The van der Waals surface area contributed by atoms with Gasteiger partial charge in [0.05, 0.1) is 0 Å². The van der Waals surface area contributed by atoms with Gasteiger partial charge in [0.15, 0.2) is 0 Å². The van der Waals surface area contributed by atoms with E-state index in [1.165, 1.54) is 0 Å². The summed E-state index contributed by atoms with van der Waals surface area (Å²) >= 11 is 3.11. The van der Waals surface area contributed by atoms with Crippen molar-refractivity contribution < 1.29 is 9.90 Å². The Bertz CT molecular complexity index is 275. The van der Waals surface area contributed by atoms with Crippen molar-refractivity contribution in [1.82, 2.24) is 4.98 Å². The average molecular weight is 216 g/mol. The quantitative estimate of drug-likeness (QED) is 0.593. The fourth-order valence-corrected chi connectivity index (χ4v) is 0.988. The second kappa shape index (κ2) is 3.59. The van der Waals surface area contributed by atoms with Crippen molar-refractivity contribution in [2.24, 2.45) is 0 Å². The van der Waals surface area contributed by atoms with Crippen LogP contribution < -0.4 is 0 Å². The number of halogens is 1. The maximum atomic E-state index is 10.8. The number of carbonyl (C=O) groups excluding carboxylic acids is 1. The van der Waals surface area contributed by atoms with Crippen molar-refractivity contribution in [2.75, 3.05) is 6.61 Å². The van der Waals surface area contributed by atoms with E-state index in [4.69, 9.17) is 5.11 Å². The lowest BCUT2D eigenvalue weighted by Gasteiger charge is -1.95. The van der Waals surface area contributed by atoms with E-state index < -0.39 is 6.61 Å². The molecule has 1 aromatic heterocycles. The van der Waals surface area contributed by atoms with Gasteiger partial charge in [0.25, 0.3) is 0 Å². The molecule has 0 aromatic carbocycles. The van der Waals surface area contributed by atoms with E-state index in [-0.39, 0.29) is 11.5 Å². The molecule has 3 nitrogen and oxygen atoms in total. The number of pyridine rings is 1. The summed E-state index contributed by atoms with van der Waals surface area (Å²) in [6, 6.07) is 4.97. The smallest absolute Gasteiger partial charge is 0.206 e. The van der Waals surface area contributed by atoms with Gasteiger partial charge in [-0.15, -0.1) is 0 Å². The van der Waals surface area contributed by atoms with Crippen LogP contribution in [-0.2, 0) is 0 Å². The second-order valence-electron chi connectivity index (χ2n) is 1.93. The van der Waals surface area contributed by atoms with Gasteiger partial charge in [0.2, 0.25) is 5.78 Å². The minimum atomic E-state index is -0.497. The molecule has 0 aliphatic carbocycles. The highest BCUT2D eigenvalue weighted by Gasteiger charge is 2.04. The summed E-state index contributed by atoms with van der Waals surface area (Å²) in [6.07, 6.45) is 0. The topological polar surface area (TPSA) is 50.2 Å². The highest BCUT2D eigenvalue weighted by molar-refractivity contribution is 9.10. The van der Waals surface area contributed by atoms with E-state index >= 15 is 0 Å². The highest BCUT2D eigenvalue weighted by Crippen LogP contribution is 2.06. The molecular formula is C7H6BrNO2. The van der Waals surface area contributed by atoms with Crippen LogP contribution in [0.2, 0.25) is 0 Å². The maximum Gasteiger partial charge on any atom is 0.206 e. The van der Waals surface area contributed by atoms with Crippen LogP contribution in [0, 0.1) is 0 Å². The molecule has 1 aromatic rings. The zero-order valence-electron chi connectivity index (χ0n) is 5.62. The van der Waals surface area contributed by atoms with Gasteiger partial charge in [0.1, 0.15) is 16.9 Å². The summed E-state index contributed by atoms with van der Waals surface area (Å²) in [5, 5.41) is 8.47. The third kappa shape index (κ3) is 2.10. The lowest BCUT2D eigenvalue weighted by Crippen LogP contribution is -2.06. The molecule has 58 valence electrons. The normalized spacial score (nSPS) is 9.64. The maximum absolute atomic E-state index is 10.8. The molecule has 0 saturated carbocycles. The zero-order chi connectivity index (χ0) is 8.27. The Morgan fingerprint density at radius 2 is 2.36 bits per heavy atom. The largest absolute Gasteiger partial charge is 0.388 e. The average Bonchev–Trinajstić information content (AvgIpc) is 2.03. The number of aliphatic hydroxyl groups excluding tert-OH is 1. The van der Waals surface area contributed by atoms with Crippen molar-refractivity contribution in [3.8, 4) is 0 Å². The molecule has 1 rings (SSSR count). The summed E-state index contributed by atoms with van der Waals surface area (Å²) < 4.78 is 0.594. The molecule has 0 saturated heterocycles. The van der Waals surface area contributed by atoms with Gasteiger partial charge in [-0.1, -0.05) is 6.07 Å². The summed E-state index contributed by atoms with van der Waals surface area (Å²) in [5.74, 6) is -0.369. The second-order valence-corrected chi connectivity index (χ2v) is 2.74. The lowest BCUT2D eigenvalue weighted by molar-refractivity contribution is 0.0898. The van der Waals surface area contributed by atoms with Crippen molar-refractivity contribution >= 4 is 21.7 Å². The first-order chi connectivity index (χ1) is 5.24. The molecule has 4 heteroatoms. The van der Waals surface area contributed by atoms with E-state index in [9.17, 15) is 4.79 Å². The number of Topliss-reactive ketones (excluding diaryl/α,β-unsaturated/α-hetero) is 1. The number of aliphatic hydroxyl groups is 1. The molecule has 0 spiro atoms. The molecule has 0 fully saturated rings. The van der Waals surface area contributed by atoms with Gasteiger partial charge in [-0.25, -0.2) is 4.98 Å². The highest BCUT2D eigenvalue weighted by atomic mass is 79.9. The third-order valence-corrected chi connectivity index (χ3v) is 1.59. The van der Waals surface area contributed by atoms with E-state index in [0.29, 0.717) is 4.60 Å². The summed E-state index contributed by atoms with van der Waals surface area (Å²) in [7, 11) is 0. The number of carbonyl (C=O) groups is 1. The number of nitrogens with zero attached hydrogens (tertiary/aromatic N) is 1.